The van der Waals surface area contributed by atoms with Gasteiger partial charge in [-0.05, 0) is 31.4 Å². The van der Waals surface area contributed by atoms with Gasteiger partial charge >= 0.3 is 0 Å². The van der Waals surface area contributed by atoms with Crippen LogP contribution in [0.3, 0.4) is 0 Å². The van der Waals surface area contributed by atoms with E-state index in [-0.39, 0.29) is 19.1 Å². The summed E-state index contributed by atoms with van der Waals surface area (Å²) in [5, 5.41) is 20.6. The number of fused-ring (bicyclic) bond motifs is 1. The summed E-state index contributed by atoms with van der Waals surface area (Å²) in [6, 6.07) is 8.17. The molecule has 21 heavy (non-hydrogen) atoms. The van der Waals surface area contributed by atoms with Crippen LogP contribution in [0.25, 0.3) is 0 Å². The van der Waals surface area contributed by atoms with Gasteiger partial charge in [0.1, 0.15) is 0 Å². The number of anilines is 1. The summed E-state index contributed by atoms with van der Waals surface area (Å²) in [6.45, 7) is 2.34. The van der Waals surface area contributed by atoms with E-state index >= 15 is 0 Å². The number of hydrogen-bond donors (Lipinski definition) is 3. The first-order chi connectivity index (χ1) is 10.2. The van der Waals surface area contributed by atoms with Gasteiger partial charge < -0.3 is 20.4 Å². The van der Waals surface area contributed by atoms with Gasteiger partial charge in [0.25, 0.3) is 0 Å². The molecule has 5 heteroatoms. The van der Waals surface area contributed by atoms with E-state index in [0.717, 1.165) is 12.8 Å². The van der Waals surface area contributed by atoms with Crippen molar-refractivity contribution in [2.45, 2.75) is 38.3 Å². The molecule has 2 rings (SSSR count). The normalized spacial score (nSPS) is 17.7. The van der Waals surface area contributed by atoms with Crippen molar-refractivity contribution in [3.63, 3.8) is 0 Å². The van der Waals surface area contributed by atoms with E-state index in [2.05, 4.69) is 29.3 Å². The average Bonchev–Trinajstić information content (AvgIpc) is 2.51. The molecule has 1 aliphatic rings. The monoisotopic (exact) mass is 292 g/mol. The first-order valence-electron chi connectivity index (χ1n) is 7.51. The number of aliphatic hydroxyl groups is 2. The molecule has 0 aliphatic carbocycles. The number of benzene rings is 1. The van der Waals surface area contributed by atoms with Crippen LogP contribution in [0.1, 0.15) is 25.3 Å². The number of carbonyl (C=O) groups excluding carboxylic acids is 1. The minimum atomic E-state index is -0.566. The highest BCUT2D eigenvalue weighted by molar-refractivity contribution is 5.77. The van der Waals surface area contributed by atoms with E-state index in [4.69, 9.17) is 10.2 Å². The molecule has 0 saturated carbocycles. The lowest BCUT2D eigenvalue weighted by molar-refractivity contribution is -0.122. The van der Waals surface area contributed by atoms with Gasteiger partial charge in [-0.15, -0.1) is 0 Å². The molecule has 0 radical (unpaired) electrons. The van der Waals surface area contributed by atoms with Gasteiger partial charge in [-0.1, -0.05) is 18.2 Å². The molecule has 0 bridgehead atoms. The van der Waals surface area contributed by atoms with Crippen molar-refractivity contribution in [3.8, 4) is 0 Å². The first kappa shape index (κ1) is 15.8. The van der Waals surface area contributed by atoms with Gasteiger partial charge in [0.15, 0.2) is 0 Å². The summed E-state index contributed by atoms with van der Waals surface area (Å²) < 4.78 is 0. The molecule has 5 nitrogen and oxygen atoms in total. The molecule has 0 unspecified atom stereocenters. The van der Waals surface area contributed by atoms with Crippen LogP contribution in [0.15, 0.2) is 24.3 Å². The number of para-hydroxylation sites is 1. The van der Waals surface area contributed by atoms with Crippen molar-refractivity contribution < 1.29 is 15.0 Å². The molecule has 1 heterocycles. The number of carbonyl (C=O) groups is 1. The Labute approximate surface area is 125 Å². The molecule has 0 fully saturated rings. The van der Waals surface area contributed by atoms with Crippen molar-refractivity contribution in [2.24, 2.45) is 0 Å². The van der Waals surface area contributed by atoms with Crippen molar-refractivity contribution >= 4 is 11.6 Å². The second-order valence-corrected chi connectivity index (χ2v) is 5.59. The highest BCUT2D eigenvalue weighted by Gasteiger charge is 2.23. The Bertz CT molecular complexity index is 474. The van der Waals surface area contributed by atoms with Gasteiger partial charge in [-0.3, -0.25) is 4.79 Å². The first-order valence-corrected chi connectivity index (χ1v) is 7.51. The van der Waals surface area contributed by atoms with Gasteiger partial charge in [-0.2, -0.15) is 0 Å². The van der Waals surface area contributed by atoms with Crippen molar-refractivity contribution in [1.29, 1.82) is 0 Å². The Morgan fingerprint density at radius 2 is 2.10 bits per heavy atom. The average molecular weight is 292 g/mol. The standard InChI is InChI=1S/C16H24N2O3/c1-12-6-7-13-4-2-3-5-15(13)18(12)9-8-16(21)17-14(10-19)11-20/h2-5,12,14,19-20H,6-11H2,1H3,(H,17,21)/t12-/m0/s1. The lowest BCUT2D eigenvalue weighted by atomic mass is 9.96. The quantitative estimate of drug-likeness (QED) is 0.721. The molecule has 1 aromatic carbocycles. The second kappa shape index (κ2) is 7.43. The van der Waals surface area contributed by atoms with Crippen molar-refractivity contribution in [3.05, 3.63) is 29.8 Å². The lowest BCUT2D eigenvalue weighted by Crippen LogP contribution is -2.43. The van der Waals surface area contributed by atoms with Crippen molar-refractivity contribution in [1.82, 2.24) is 5.32 Å². The molecular formula is C16H24N2O3. The summed E-state index contributed by atoms with van der Waals surface area (Å²) in [7, 11) is 0. The third kappa shape index (κ3) is 3.95. The molecule has 1 amide bonds. The zero-order valence-electron chi connectivity index (χ0n) is 12.5. The molecule has 1 atom stereocenters. The Hall–Kier alpha value is -1.59. The summed E-state index contributed by atoms with van der Waals surface area (Å²) in [4.78, 5) is 14.1. The van der Waals surface area contributed by atoms with Gasteiger partial charge in [0, 0.05) is 24.7 Å². The highest BCUT2D eigenvalue weighted by atomic mass is 16.3. The SMILES string of the molecule is C[C@H]1CCc2ccccc2N1CCC(=O)NC(CO)CO. The second-order valence-electron chi connectivity index (χ2n) is 5.59. The molecular weight excluding hydrogens is 268 g/mol. The molecule has 0 saturated heterocycles. The molecule has 3 N–H and O–H groups in total. The van der Waals surface area contributed by atoms with E-state index in [0.29, 0.717) is 19.0 Å². The number of hydrogen-bond acceptors (Lipinski definition) is 4. The van der Waals surface area contributed by atoms with Gasteiger partial charge in [0.2, 0.25) is 5.91 Å². The fraction of sp³-hybridized carbons (Fsp3) is 0.562. The van der Waals surface area contributed by atoms with E-state index in [1.807, 2.05) is 12.1 Å². The van der Waals surface area contributed by atoms with Crippen LogP contribution >= 0.6 is 0 Å². The predicted molar refractivity (Wildman–Crippen MR) is 82.3 cm³/mol. The molecule has 0 spiro atoms. The summed E-state index contributed by atoms with van der Waals surface area (Å²) in [6.07, 6.45) is 2.53. The Kier molecular flexibility index (Phi) is 5.59. The predicted octanol–water partition coefficient (Wildman–Crippen LogP) is 0.687. The summed E-state index contributed by atoms with van der Waals surface area (Å²) >= 11 is 0. The van der Waals surface area contributed by atoms with Crippen LogP contribution in [0.5, 0.6) is 0 Å². The van der Waals surface area contributed by atoms with Crippen LogP contribution in [-0.4, -0.2) is 48.0 Å². The number of nitrogens with zero attached hydrogens (tertiary/aromatic N) is 1. The largest absolute Gasteiger partial charge is 0.394 e. The van der Waals surface area contributed by atoms with Crippen LogP contribution in [0, 0.1) is 0 Å². The number of nitrogens with one attached hydrogen (secondary N) is 1. The van der Waals surface area contributed by atoms with E-state index in [1.54, 1.807) is 0 Å². The third-order valence-electron chi connectivity index (χ3n) is 4.05. The summed E-state index contributed by atoms with van der Waals surface area (Å²) in [5.41, 5.74) is 2.55. The van der Waals surface area contributed by atoms with E-state index < -0.39 is 6.04 Å². The minimum Gasteiger partial charge on any atom is -0.394 e. The van der Waals surface area contributed by atoms with E-state index in [9.17, 15) is 4.79 Å². The van der Waals surface area contributed by atoms with Crippen molar-refractivity contribution in [2.75, 3.05) is 24.7 Å². The fourth-order valence-corrected chi connectivity index (χ4v) is 2.77. The van der Waals surface area contributed by atoms with Crippen LogP contribution in [0.2, 0.25) is 0 Å². The fourth-order valence-electron chi connectivity index (χ4n) is 2.77. The Morgan fingerprint density at radius 1 is 1.38 bits per heavy atom. The van der Waals surface area contributed by atoms with Crippen LogP contribution < -0.4 is 10.2 Å². The Balaban J connectivity index is 1.95. The van der Waals surface area contributed by atoms with Crippen LogP contribution in [0.4, 0.5) is 5.69 Å². The molecule has 1 aliphatic heterocycles. The number of amides is 1. The third-order valence-corrected chi connectivity index (χ3v) is 4.05. The lowest BCUT2D eigenvalue weighted by Gasteiger charge is -2.37. The molecule has 0 aromatic heterocycles. The molecule has 116 valence electrons. The van der Waals surface area contributed by atoms with E-state index in [1.165, 1.54) is 11.3 Å². The van der Waals surface area contributed by atoms with Crippen LogP contribution in [-0.2, 0) is 11.2 Å². The maximum absolute atomic E-state index is 11.9. The number of aliphatic hydroxyl groups excluding tert-OH is 2. The number of aryl methyl sites for hydroxylation is 1. The number of rotatable bonds is 6. The Morgan fingerprint density at radius 3 is 2.81 bits per heavy atom. The maximum atomic E-state index is 11.9. The maximum Gasteiger partial charge on any atom is 0.222 e. The van der Waals surface area contributed by atoms with Gasteiger partial charge in [0.05, 0.1) is 19.3 Å². The molecule has 1 aromatic rings. The highest BCUT2D eigenvalue weighted by Crippen LogP contribution is 2.30. The zero-order valence-corrected chi connectivity index (χ0v) is 12.5. The zero-order chi connectivity index (χ0) is 15.2. The topological polar surface area (TPSA) is 72.8 Å². The van der Waals surface area contributed by atoms with Gasteiger partial charge in [-0.25, -0.2) is 0 Å². The minimum absolute atomic E-state index is 0.140. The smallest absolute Gasteiger partial charge is 0.222 e. The summed E-state index contributed by atoms with van der Waals surface area (Å²) in [5.74, 6) is -0.140.